The molecule has 50 heavy (non-hydrogen) atoms. The first-order chi connectivity index (χ1) is 23.5. The minimum atomic E-state index is -5.08. The van der Waals surface area contributed by atoms with Crippen molar-refractivity contribution in [3.63, 3.8) is 0 Å². The largest absolute Gasteiger partial charge is 0.471 e. The smallest absolute Gasteiger partial charge is 0.369 e. The summed E-state index contributed by atoms with van der Waals surface area (Å²) in [4.78, 5) is 35.9. The summed E-state index contributed by atoms with van der Waals surface area (Å²) in [5.74, 6) is -2.53. The number of nitrogens with one attached hydrogen (secondary N) is 2. The van der Waals surface area contributed by atoms with Crippen molar-refractivity contribution in [1.29, 1.82) is 0 Å². The minimum Gasteiger partial charge on any atom is -0.369 e. The van der Waals surface area contributed by atoms with Gasteiger partial charge in [-0.3, -0.25) is 4.79 Å². The van der Waals surface area contributed by atoms with Gasteiger partial charge < -0.3 is 25.3 Å². The second-order valence-electron chi connectivity index (χ2n) is 11.8. The number of aromatic nitrogens is 5. The van der Waals surface area contributed by atoms with Gasteiger partial charge in [0.25, 0.3) is 0 Å². The maximum atomic E-state index is 14.1. The van der Waals surface area contributed by atoms with E-state index in [4.69, 9.17) is 0 Å². The number of thioether (sulfide) groups is 1. The summed E-state index contributed by atoms with van der Waals surface area (Å²) < 4.78 is 120. The molecule has 0 aromatic carbocycles. The first-order valence-electron chi connectivity index (χ1n) is 15.0. The van der Waals surface area contributed by atoms with Crippen molar-refractivity contribution >= 4 is 46.7 Å². The summed E-state index contributed by atoms with van der Waals surface area (Å²) in [5, 5.41) is 7.66. The molecule has 6 heterocycles. The topological polar surface area (TPSA) is 115 Å². The predicted octanol–water partition coefficient (Wildman–Crippen LogP) is 5.95. The molecule has 0 saturated carbocycles. The maximum absolute atomic E-state index is 14.1. The summed E-state index contributed by atoms with van der Waals surface area (Å²) in [6.07, 6.45) is -8.62. The summed E-state index contributed by atoms with van der Waals surface area (Å²) in [6, 6.07) is -3.51. The Balaban J connectivity index is 1.06. The van der Waals surface area contributed by atoms with Crippen LogP contribution >= 0.6 is 23.1 Å². The highest BCUT2D eigenvalue weighted by molar-refractivity contribution is 8.02. The molecule has 2 N–H and O–H groups in total. The SMILES string of the molecule is CN1C(NC(=O)C(F)(F)F)=CSC1c1cnc(N2CC(CNc3csc(-c4cnc(N5CCC[C@H]5C(F)(F)F)nc4)n3)C[C@H]2C(F)(F)F)nc1. The van der Waals surface area contributed by atoms with E-state index in [0.717, 1.165) is 21.6 Å². The Kier molecular flexibility index (Phi) is 9.70. The van der Waals surface area contributed by atoms with Crippen LogP contribution in [0.25, 0.3) is 10.6 Å². The number of carbonyl (C=O) groups excluding carboxylic acids is 1. The average molecular weight is 755 g/mol. The molecule has 0 radical (unpaired) electrons. The molecule has 3 aromatic heterocycles. The summed E-state index contributed by atoms with van der Waals surface area (Å²) >= 11 is 2.28. The monoisotopic (exact) mass is 754 g/mol. The molecule has 270 valence electrons. The molecule has 3 aliphatic rings. The number of alkyl halides is 9. The number of carbonyl (C=O) groups is 1. The van der Waals surface area contributed by atoms with E-state index in [1.807, 2.05) is 0 Å². The quantitative estimate of drug-likeness (QED) is 0.266. The first-order valence-corrected chi connectivity index (χ1v) is 16.8. The third-order valence-electron chi connectivity index (χ3n) is 8.35. The summed E-state index contributed by atoms with van der Waals surface area (Å²) in [5.41, 5.74) is 0.871. The molecule has 2 unspecified atom stereocenters. The molecule has 6 rings (SSSR count). The molecule has 1 amide bonds. The van der Waals surface area contributed by atoms with E-state index in [-0.39, 0.29) is 50.2 Å². The lowest BCUT2D eigenvalue weighted by Gasteiger charge is -2.27. The zero-order valence-electron chi connectivity index (χ0n) is 25.7. The lowest BCUT2D eigenvalue weighted by Crippen LogP contribution is -2.42. The van der Waals surface area contributed by atoms with Gasteiger partial charge in [-0.1, -0.05) is 0 Å². The lowest BCUT2D eigenvalue weighted by molar-refractivity contribution is -0.173. The van der Waals surface area contributed by atoms with E-state index in [0.29, 0.717) is 28.4 Å². The van der Waals surface area contributed by atoms with Crippen LogP contribution in [0.15, 0.2) is 41.4 Å². The average Bonchev–Trinajstić information content (AvgIpc) is 3.86. The second-order valence-corrected chi connectivity index (χ2v) is 13.6. The van der Waals surface area contributed by atoms with Crippen molar-refractivity contribution < 1.29 is 44.3 Å². The number of hydrogen-bond donors (Lipinski definition) is 2. The van der Waals surface area contributed by atoms with Gasteiger partial charge >= 0.3 is 24.4 Å². The van der Waals surface area contributed by atoms with E-state index < -0.39 is 47.8 Å². The van der Waals surface area contributed by atoms with Gasteiger partial charge in [0.2, 0.25) is 11.9 Å². The van der Waals surface area contributed by atoms with Crippen LogP contribution in [0.3, 0.4) is 0 Å². The molecule has 22 heteroatoms. The number of anilines is 3. The Labute approximate surface area is 286 Å². The highest BCUT2D eigenvalue weighted by Gasteiger charge is 2.50. The van der Waals surface area contributed by atoms with Crippen LogP contribution in [0.1, 0.15) is 30.2 Å². The van der Waals surface area contributed by atoms with E-state index in [2.05, 4.69) is 30.2 Å². The Morgan fingerprint density at radius 2 is 1.56 bits per heavy atom. The summed E-state index contributed by atoms with van der Waals surface area (Å²) in [6.45, 7) is 0.287. The number of nitrogens with zero attached hydrogens (tertiary/aromatic N) is 8. The van der Waals surface area contributed by atoms with Crippen molar-refractivity contribution in [1.82, 2.24) is 35.1 Å². The zero-order valence-corrected chi connectivity index (χ0v) is 27.4. The molecule has 4 atom stereocenters. The Morgan fingerprint density at radius 3 is 2.20 bits per heavy atom. The predicted molar refractivity (Wildman–Crippen MR) is 166 cm³/mol. The number of rotatable bonds is 8. The van der Waals surface area contributed by atoms with Crippen LogP contribution in [0, 0.1) is 5.92 Å². The van der Waals surface area contributed by atoms with Crippen LogP contribution in [0.4, 0.5) is 57.2 Å². The normalized spacial score (nSPS) is 23.1. The van der Waals surface area contributed by atoms with Gasteiger partial charge in [-0.05, 0) is 25.2 Å². The van der Waals surface area contributed by atoms with Gasteiger partial charge in [-0.25, -0.2) is 24.9 Å². The van der Waals surface area contributed by atoms with Gasteiger partial charge in [-0.15, -0.1) is 23.1 Å². The molecule has 0 spiro atoms. The highest BCUT2D eigenvalue weighted by Crippen LogP contribution is 2.42. The van der Waals surface area contributed by atoms with E-state index >= 15 is 0 Å². The van der Waals surface area contributed by atoms with Gasteiger partial charge in [-0.2, -0.15) is 39.5 Å². The van der Waals surface area contributed by atoms with Crippen molar-refractivity contribution in [2.24, 2.45) is 5.92 Å². The molecule has 0 aliphatic carbocycles. The number of hydrogen-bond acceptors (Lipinski definition) is 12. The molecular formula is C28H27F9N10OS2. The van der Waals surface area contributed by atoms with E-state index in [1.54, 1.807) is 10.7 Å². The fourth-order valence-electron chi connectivity index (χ4n) is 5.91. The molecular weight excluding hydrogens is 727 g/mol. The number of thiazole rings is 1. The van der Waals surface area contributed by atoms with E-state index in [9.17, 15) is 44.3 Å². The molecule has 0 bridgehead atoms. The zero-order chi connectivity index (χ0) is 36.0. The second kappa shape index (κ2) is 13.6. The Morgan fingerprint density at radius 1 is 0.920 bits per heavy atom. The summed E-state index contributed by atoms with van der Waals surface area (Å²) in [7, 11) is 1.44. The third kappa shape index (κ3) is 7.64. The number of halogens is 9. The molecule has 2 fully saturated rings. The van der Waals surface area contributed by atoms with Crippen molar-refractivity contribution in [3.05, 3.63) is 47.0 Å². The van der Waals surface area contributed by atoms with Crippen molar-refractivity contribution in [3.8, 4) is 10.6 Å². The molecule has 11 nitrogen and oxygen atoms in total. The molecule has 3 aliphatic heterocycles. The molecule has 3 aromatic rings. The third-order valence-corrected chi connectivity index (χ3v) is 10.5. The first kappa shape index (κ1) is 35.7. The van der Waals surface area contributed by atoms with Crippen LogP contribution in [-0.4, -0.2) is 93.0 Å². The fraction of sp³-hybridized carbons (Fsp3) is 0.500. The Bertz CT molecular complexity index is 1700. The van der Waals surface area contributed by atoms with Gasteiger partial charge in [0.05, 0.1) is 0 Å². The van der Waals surface area contributed by atoms with Gasteiger partial charge in [0.15, 0.2) is 0 Å². The maximum Gasteiger partial charge on any atom is 0.471 e. The van der Waals surface area contributed by atoms with Crippen LogP contribution in [0.2, 0.25) is 0 Å². The fourth-order valence-corrected chi connectivity index (χ4v) is 7.72. The van der Waals surface area contributed by atoms with Crippen molar-refractivity contribution in [2.45, 2.75) is 55.2 Å². The van der Waals surface area contributed by atoms with E-state index in [1.165, 1.54) is 53.5 Å². The lowest BCUT2D eigenvalue weighted by atomic mass is 10.1. The highest BCUT2D eigenvalue weighted by atomic mass is 32.2. The Hall–Kier alpha value is -4.08. The molecule has 2 saturated heterocycles. The van der Waals surface area contributed by atoms with Gasteiger partial charge in [0, 0.05) is 73.4 Å². The van der Waals surface area contributed by atoms with Crippen molar-refractivity contribution in [2.75, 3.05) is 41.8 Å². The van der Waals surface area contributed by atoms with Gasteiger partial charge in [0.1, 0.15) is 34.1 Å². The minimum absolute atomic E-state index is 0.0298. The standard InChI is InChI=1S/C28H27F9N10OS2/c1-45-20(44-23(48)28(35,36)37)13-50-22(45)16-9-41-25(42-10-16)47-11-14(5-18(47)27(32,33)34)6-38-19-12-49-21(43-19)15-7-39-24(40-8-15)46-4-2-3-17(46)26(29,30)31/h7-10,12-14,17-18,22,38H,2-6,11H2,1H3,(H,44,48)/t14?,17-,18-,22?/m0/s1. The van der Waals surface area contributed by atoms with Crippen LogP contribution in [0.5, 0.6) is 0 Å². The number of amides is 1. The van der Waals surface area contributed by atoms with Crippen LogP contribution < -0.4 is 20.4 Å². The van der Waals surface area contributed by atoms with Crippen LogP contribution in [-0.2, 0) is 4.79 Å².